The zero-order valence-electron chi connectivity index (χ0n) is 8.44. The molecule has 2 heterocycles. The second-order valence-corrected chi connectivity index (χ2v) is 3.54. The first-order valence-corrected chi connectivity index (χ1v) is 4.99. The van der Waals surface area contributed by atoms with Crippen molar-refractivity contribution in [2.45, 2.75) is 18.9 Å². The maximum absolute atomic E-state index is 5.71. The van der Waals surface area contributed by atoms with Gasteiger partial charge in [0.15, 0.2) is 11.6 Å². The summed E-state index contributed by atoms with van der Waals surface area (Å²) >= 11 is 0. The molecule has 1 aromatic rings. The normalized spacial score (nSPS) is 20.4. The summed E-state index contributed by atoms with van der Waals surface area (Å²) in [4.78, 5) is 7.81. The molecule has 1 fully saturated rings. The molecule has 1 aliphatic heterocycles. The molecule has 5 N–H and O–H groups in total. The lowest BCUT2D eigenvalue weighted by Gasteiger charge is -2.12. The van der Waals surface area contributed by atoms with E-state index in [4.69, 9.17) is 16.2 Å². The summed E-state index contributed by atoms with van der Waals surface area (Å²) in [5.41, 5.74) is 11.7. The van der Waals surface area contributed by atoms with E-state index < -0.39 is 0 Å². The molecule has 0 radical (unpaired) electrons. The van der Waals surface area contributed by atoms with Crippen LogP contribution in [-0.2, 0) is 4.74 Å². The molecule has 2 rings (SSSR count). The molecule has 0 amide bonds. The number of hydrogen-bond acceptors (Lipinski definition) is 6. The highest BCUT2D eigenvalue weighted by Crippen LogP contribution is 2.20. The van der Waals surface area contributed by atoms with Crippen LogP contribution in [0.1, 0.15) is 12.8 Å². The van der Waals surface area contributed by atoms with Crippen molar-refractivity contribution in [1.29, 1.82) is 0 Å². The van der Waals surface area contributed by atoms with Crippen LogP contribution in [0, 0.1) is 0 Å². The Morgan fingerprint density at radius 1 is 1.47 bits per heavy atom. The minimum absolute atomic E-state index is 0.251. The highest BCUT2D eigenvalue weighted by molar-refractivity contribution is 5.72. The Kier molecular flexibility index (Phi) is 2.86. The standard InChI is InChI=1S/C9H15N5O/c10-7-8(11)13-5-14-9(7)12-4-6-2-1-3-15-6/h5-6H,1-4,10H2,(H3,11,12,13,14). The van der Waals surface area contributed by atoms with Gasteiger partial charge >= 0.3 is 0 Å². The van der Waals surface area contributed by atoms with Crippen LogP contribution >= 0.6 is 0 Å². The molecule has 1 unspecified atom stereocenters. The van der Waals surface area contributed by atoms with Crippen LogP contribution in [0.3, 0.4) is 0 Å². The van der Waals surface area contributed by atoms with Gasteiger partial charge in [0, 0.05) is 13.2 Å². The van der Waals surface area contributed by atoms with E-state index >= 15 is 0 Å². The Labute approximate surface area is 88.0 Å². The molecule has 1 saturated heterocycles. The second kappa shape index (κ2) is 4.31. The predicted octanol–water partition coefficient (Wildman–Crippen LogP) is 0.232. The number of nitrogens with two attached hydrogens (primary N) is 2. The molecule has 1 aliphatic rings. The van der Waals surface area contributed by atoms with Crippen molar-refractivity contribution >= 4 is 17.3 Å². The monoisotopic (exact) mass is 209 g/mol. The third-order valence-electron chi connectivity index (χ3n) is 2.44. The second-order valence-electron chi connectivity index (χ2n) is 3.54. The summed E-state index contributed by atoms with van der Waals surface area (Å²) in [6.07, 6.45) is 3.84. The van der Waals surface area contributed by atoms with Crippen LogP contribution in [0.25, 0.3) is 0 Å². The van der Waals surface area contributed by atoms with Crippen LogP contribution in [0.15, 0.2) is 6.33 Å². The zero-order chi connectivity index (χ0) is 10.7. The van der Waals surface area contributed by atoms with Gasteiger partial charge in [0.2, 0.25) is 0 Å². The SMILES string of the molecule is Nc1ncnc(NCC2CCCO2)c1N. The average molecular weight is 209 g/mol. The molecule has 82 valence electrons. The predicted molar refractivity (Wildman–Crippen MR) is 58.3 cm³/mol. The molecule has 0 aromatic carbocycles. The molecule has 6 heteroatoms. The van der Waals surface area contributed by atoms with Crippen LogP contribution < -0.4 is 16.8 Å². The Morgan fingerprint density at radius 3 is 3.07 bits per heavy atom. The fourth-order valence-electron chi connectivity index (χ4n) is 1.57. The van der Waals surface area contributed by atoms with Crippen molar-refractivity contribution in [3.05, 3.63) is 6.33 Å². The smallest absolute Gasteiger partial charge is 0.154 e. The number of aromatic nitrogens is 2. The third kappa shape index (κ3) is 2.27. The summed E-state index contributed by atoms with van der Waals surface area (Å²) in [5.74, 6) is 0.887. The fourth-order valence-corrected chi connectivity index (χ4v) is 1.57. The lowest BCUT2D eigenvalue weighted by atomic mass is 10.2. The van der Waals surface area contributed by atoms with Crippen molar-refractivity contribution in [2.75, 3.05) is 29.9 Å². The minimum atomic E-state index is 0.251. The molecule has 1 aromatic heterocycles. The molecule has 0 saturated carbocycles. The van der Waals surface area contributed by atoms with Gasteiger partial charge in [-0.15, -0.1) is 0 Å². The number of anilines is 3. The topological polar surface area (TPSA) is 99.1 Å². The van der Waals surface area contributed by atoms with Crippen LogP contribution in [0.4, 0.5) is 17.3 Å². The number of ether oxygens (including phenoxy) is 1. The van der Waals surface area contributed by atoms with Gasteiger partial charge in [-0.2, -0.15) is 0 Å². The van der Waals surface area contributed by atoms with Crippen LogP contribution in [-0.4, -0.2) is 29.2 Å². The minimum Gasteiger partial charge on any atom is -0.393 e. The van der Waals surface area contributed by atoms with Gasteiger partial charge in [-0.25, -0.2) is 9.97 Å². The van der Waals surface area contributed by atoms with E-state index in [2.05, 4.69) is 15.3 Å². The number of nitrogens with one attached hydrogen (secondary N) is 1. The molecule has 15 heavy (non-hydrogen) atoms. The van der Waals surface area contributed by atoms with E-state index in [1.807, 2.05) is 0 Å². The van der Waals surface area contributed by atoms with E-state index in [0.717, 1.165) is 19.4 Å². The Morgan fingerprint density at radius 2 is 2.33 bits per heavy atom. The summed E-state index contributed by atoms with van der Waals surface area (Å²) in [6, 6.07) is 0. The molecule has 0 aliphatic carbocycles. The van der Waals surface area contributed by atoms with Crippen molar-refractivity contribution in [3.63, 3.8) is 0 Å². The van der Waals surface area contributed by atoms with Crippen molar-refractivity contribution in [1.82, 2.24) is 9.97 Å². The molecule has 0 bridgehead atoms. The quantitative estimate of drug-likeness (QED) is 0.659. The van der Waals surface area contributed by atoms with E-state index in [0.29, 0.717) is 23.9 Å². The maximum Gasteiger partial charge on any atom is 0.154 e. The van der Waals surface area contributed by atoms with Gasteiger partial charge in [-0.3, -0.25) is 0 Å². The molecule has 1 atom stereocenters. The van der Waals surface area contributed by atoms with Gasteiger partial charge in [0.1, 0.15) is 12.0 Å². The molecule has 6 nitrogen and oxygen atoms in total. The first-order chi connectivity index (χ1) is 7.27. The number of nitrogens with zero attached hydrogens (tertiary/aromatic N) is 2. The highest BCUT2D eigenvalue weighted by Gasteiger charge is 2.15. The van der Waals surface area contributed by atoms with E-state index in [1.165, 1.54) is 6.33 Å². The van der Waals surface area contributed by atoms with Gasteiger partial charge in [0.05, 0.1) is 6.10 Å². The van der Waals surface area contributed by atoms with E-state index in [-0.39, 0.29) is 6.10 Å². The summed E-state index contributed by atoms with van der Waals surface area (Å²) in [5, 5.41) is 3.11. The van der Waals surface area contributed by atoms with Crippen molar-refractivity contribution in [3.8, 4) is 0 Å². The average Bonchev–Trinajstić information content (AvgIpc) is 2.73. The molecular weight excluding hydrogens is 194 g/mol. The van der Waals surface area contributed by atoms with Gasteiger partial charge < -0.3 is 21.5 Å². The van der Waals surface area contributed by atoms with E-state index in [9.17, 15) is 0 Å². The third-order valence-corrected chi connectivity index (χ3v) is 2.44. The van der Waals surface area contributed by atoms with E-state index in [1.54, 1.807) is 0 Å². The zero-order valence-corrected chi connectivity index (χ0v) is 8.44. The Hall–Kier alpha value is -1.56. The fraction of sp³-hybridized carbons (Fsp3) is 0.556. The van der Waals surface area contributed by atoms with Gasteiger partial charge in [-0.05, 0) is 12.8 Å². The van der Waals surface area contributed by atoms with Crippen molar-refractivity contribution < 1.29 is 4.74 Å². The Balaban J connectivity index is 1.95. The number of hydrogen-bond donors (Lipinski definition) is 3. The van der Waals surface area contributed by atoms with Crippen LogP contribution in [0.2, 0.25) is 0 Å². The first-order valence-electron chi connectivity index (χ1n) is 4.99. The number of nitrogen functional groups attached to an aromatic ring is 2. The van der Waals surface area contributed by atoms with Crippen LogP contribution in [0.5, 0.6) is 0 Å². The summed E-state index contributed by atoms with van der Waals surface area (Å²) in [7, 11) is 0. The lowest BCUT2D eigenvalue weighted by Crippen LogP contribution is -2.20. The summed E-state index contributed by atoms with van der Waals surface area (Å²) < 4.78 is 5.47. The summed E-state index contributed by atoms with van der Waals surface area (Å²) in [6.45, 7) is 1.55. The lowest BCUT2D eigenvalue weighted by molar-refractivity contribution is 0.120. The largest absolute Gasteiger partial charge is 0.393 e. The first kappa shape index (κ1) is 9.97. The molecular formula is C9H15N5O. The molecule has 0 spiro atoms. The number of rotatable bonds is 3. The van der Waals surface area contributed by atoms with Gasteiger partial charge in [-0.1, -0.05) is 0 Å². The maximum atomic E-state index is 5.71. The highest BCUT2D eigenvalue weighted by atomic mass is 16.5. The van der Waals surface area contributed by atoms with Gasteiger partial charge in [0.25, 0.3) is 0 Å². The Bertz CT molecular complexity index is 337. The van der Waals surface area contributed by atoms with Crippen molar-refractivity contribution in [2.24, 2.45) is 0 Å².